The minimum absolute atomic E-state index is 0.0869. The molecular formula is C29H30N6O5S2. The van der Waals surface area contributed by atoms with E-state index in [4.69, 9.17) is 19.3 Å². The summed E-state index contributed by atoms with van der Waals surface area (Å²) in [6, 6.07) is 16.2. The predicted octanol–water partition coefficient (Wildman–Crippen LogP) is 4.30. The molecule has 11 nitrogen and oxygen atoms in total. The molecule has 5 rings (SSSR count). The molecule has 1 N–H and O–H groups in total. The summed E-state index contributed by atoms with van der Waals surface area (Å²) in [6.07, 6.45) is 0.542. The van der Waals surface area contributed by atoms with Gasteiger partial charge in [0.15, 0.2) is 22.5 Å². The van der Waals surface area contributed by atoms with Gasteiger partial charge >= 0.3 is 0 Å². The Labute approximate surface area is 251 Å². The Hall–Kier alpha value is -4.36. The van der Waals surface area contributed by atoms with E-state index < -0.39 is 0 Å². The molecule has 0 saturated carbocycles. The number of ether oxygens (including phenoxy) is 3. The SMILES string of the molecule is COc1ccccc1C(=O)NCc1nnc(SCC(=O)N2N=C(c3cccs3)CC2c2cccc(OC)c2OC)n1C. The van der Waals surface area contributed by atoms with E-state index >= 15 is 0 Å². The summed E-state index contributed by atoms with van der Waals surface area (Å²) >= 11 is 2.84. The number of thioether (sulfide) groups is 1. The number of methoxy groups -OCH3 is 3. The summed E-state index contributed by atoms with van der Waals surface area (Å²) in [5.41, 5.74) is 2.08. The smallest absolute Gasteiger partial charge is 0.255 e. The topological polar surface area (TPSA) is 120 Å². The molecule has 218 valence electrons. The number of nitrogens with one attached hydrogen (secondary N) is 1. The third-order valence-corrected chi connectivity index (χ3v) is 8.70. The van der Waals surface area contributed by atoms with Crippen LogP contribution in [0.4, 0.5) is 0 Å². The molecule has 2 aromatic carbocycles. The first-order chi connectivity index (χ1) is 20.4. The second-order valence-electron chi connectivity index (χ2n) is 9.19. The van der Waals surface area contributed by atoms with E-state index in [1.807, 2.05) is 35.7 Å². The average Bonchev–Trinajstić information content (AvgIpc) is 3.79. The number of carbonyl (C=O) groups excluding carboxylic acids is 2. The van der Waals surface area contributed by atoms with Gasteiger partial charge in [-0.05, 0) is 29.6 Å². The summed E-state index contributed by atoms with van der Waals surface area (Å²) in [5, 5.41) is 20.1. The fraction of sp³-hybridized carbons (Fsp3) is 0.276. The molecule has 1 aliphatic heterocycles. The maximum atomic E-state index is 13.6. The molecule has 2 aromatic heterocycles. The van der Waals surface area contributed by atoms with Gasteiger partial charge in [-0.3, -0.25) is 9.59 Å². The molecule has 0 aliphatic carbocycles. The summed E-state index contributed by atoms with van der Waals surface area (Å²) in [5.74, 6) is 1.81. The first kappa shape index (κ1) is 29.1. The van der Waals surface area contributed by atoms with Crippen LogP contribution in [-0.4, -0.2) is 64.4 Å². The van der Waals surface area contributed by atoms with Gasteiger partial charge in [0.05, 0.1) is 55.8 Å². The number of aromatic nitrogens is 3. The first-order valence-electron chi connectivity index (χ1n) is 13.0. The highest BCUT2D eigenvalue weighted by Crippen LogP contribution is 2.42. The molecular weight excluding hydrogens is 576 g/mol. The molecule has 1 aliphatic rings. The largest absolute Gasteiger partial charge is 0.496 e. The molecule has 0 fully saturated rings. The number of amides is 2. The van der Waals surface area contributed by atoms with Crippen LogP contribution in [0.2, 0.25) is 0 Å². The third-order valence-electron chi connectivity index (χ3n) is 6.77. The zero-order valence-corrected chi connectivity index (χ0v) is 25.2. The molecule has 0 saturated heterocycles. The van der Waals surface area contributed by atoms with E-state index in [0.29, 0.717) is 40.2 Å². The van der Waals surface area contributed by atoms with Crippen molar-refractivity contribution in [2.45, 2.75) is 24.2 Å². The number of carbonyl (C=O) groups is 2. The van der Waals surface area contributed by atoms with Crippen LogP contribution in [0, 0.1) is 0 Å². The lowest BCUT2D eigenvalue weighted by Gasteiger charge is -2.24. The number of thiophene rings is 1. The number of nitrogens with zero attached hydrogens (tertiary/aromatic N) is 5. The molecule has 1 atom stereocenters. The number of benzene rings is 2. The van der Waals surface area contributed by atoms with Gasteiger partial charge < -0.3 is 24.1 Å². The van der Waals surface area contributed by atoms with Crippen molar-refractivity contribution in [2.24, 2.45) is 12.1 Å². The zero-order valence-electron chi connectivity index (χ0n) is 23.6. The maximum absolute atomic E-state index is 13.6. The van der Waals surface area contributed by atoms with Gasteiger partial charge in [-0.25, -0.2) is 5.01 Å². The Bertz CT molecular complexity index is 1600. The number of hydrogen-bond acceptors (Lipinski definition) is 10. The lowest BCUT2D eigenvalue weighted by Crippen LogP contribution is -2.29. The van der Waals surface area contributed by atoms with Gasteiger partial charge in [-0.2, -0.15) is 5.10 Å². The first-order valence-corrected chi connectivity index (χ1v) is 14.9. The van der Waals surface area contributed by atoms with Crippen LogP contribution in [0.1, 0.15) is 39.1 Å². The molecule has 0 bridgehead atoms. The molecule has 1 unspecified atom stereocenters. The molecule has 0 spiro atoms. The van der Waals surface area contributed by atoms with Gasteiger partial charge in [0.2, 0.25) is 0 Å². The van der Waals surface area contributed by atoms with E-state index in [1.165, 1.54) is 23.9 Å². The zero-order chi connectivity index (χ0) is 29.6. The van der Waals surface area contributed by atoms with Crippen LogP contribution < -0.4 is 19.5 Å². The predicted molar refractivity (Wildman–Crippen MR) is 160 cm³/mol. The Morgan fingerprint density at radius 1 is 1.00 bits per heavy atom. The lowest BCUT2D eigenvalue weighted by molar-refractivity contribution is -0.130. The van der Waals surface area contributed by atoms with Crippen LogP contribution in [0.15, 0.2) is 70.2 Å². The summed E-state index contributed by atoms with van der Waals surface area (Å²) in [6.45, 7) is 0.160. The molecule has 0 radical (unpaired) electrons. The van der Waals surface area contributed by atoms with Crippen LogP contribution >= 0.6 is 23.1 Å². The van der Waals surface area contributed by atoms with Crippen molar-refractivity contribution in [1.82, 2.24) is 25.1 Å². The molecule has 3 heterocycles. The normalized spacial score (nSPS) is 14.4. The number of rotatable bonds is 11. The van der Waals surface area contributed by atoms with E-state index in [1.54, 1.807) is 61.4 Å². The second kappa shape index (κ2) is 13.1. The Morgan fingerprint density at radius 3 is 2.52 bits per heavy atom. The highest BCUT2D eigenvalue weighted by Gasteiger charge is 2.36. The quantitative estimate of drug-likeness (QED) is 0.251. The number of hydrogen-bond donors (Lipinski definition) is 1. The second-order valence-corrected chi connectivity index (χ2v) is 11.1. The Balaban J connectivity index is 1.29. The van der Waals surface area contributed by atoms with Crippen molar-refractivity contribution in [3.8, 4) is 17.2 Å². The van der Waals surface area contributed by atoms with Crippen LogP contribution in [-0.2, 0) is 18.4 Å². The fourth-order valence-corrected chi connectivity index (χ4v) is 6.16. The van der Waals surface area contributed by atoms with Gasteiger partial charge in [0, 0.05) is 19.0 Å². The van der Waals surface area contributed by atoms with Crippen molar-refractivity contribution in [3.05, 3.63) is 81.8 Å². The monoisotopic (exact) mass is 606 g/mol. The molecule has 13 heteroatoms. The maximum Gasteiger partial charge on any atom is 0.255 e. The van der Waals surface area contributed by atoms with E-state index in [-0.39, 0.29) is 30.2 Å². The fourth-order valence-electron chi connectivity index (χ4n) is 4.65. The minimum Gasteiger partial charge on any atom is -0.496 e. The highest BCUT2D eigenvalue weighted by molar-refractivity contribution is 7.99. The van der Waals surface area contributed by atoms with Gasteiger partial charge in [0.25, 0.3) is 11.8 Å². The van der Waals surface area contributed by atoms with Gasteiger partial charge in [-0.15, -0.1) is 21.5 Å². The lowest BCUT2D eigenvalue weighted by atomic mass is 9.99. The van der Waals surface area contributed by atoms with Crippen molar-refractivity contribution in [3.63, 3.8) is 0 Å². The van der Waals surface area contributed by atoms with E-state index in [0.717, 1.165) is 16.2 Å². The standard InChI is InChI=1S/C29H30N6O5S2/c1-34-25(16-30-28(37)19-9-5-6-11-22(19)38-2)31-32-29(34)42-17-26(36)35-21(15-20(33-35)24-13-8-14-41-24)18-10-7-12-23(39-3)27(18)40-4/h5-14,21H,15-17H2,1-4H3,(H,30,37). The van der Waals surface area contributed by atoms with Crippen molar-refractivity contribution >= 4 is 40.6 Å². The van der Waals surface area contributed by atoms with Crippen LogP contribution in [0.5, 0.6) is 17.2 Å². The number of para-hydroxylation sites is 2. The van der Waals surface area contributed by atoms with Crippen molar-refractivity contribution in [2.75, 3.05) is 27.1 Å². The van der Waals surface area contributed by atoms with Crippen LogP contribution in [0.3, 0.4) is 0 Å². The average molecular weight is 607 g/mol. The van der Waals surface area contributed by atoms with Crippen LogP contribution in [0.25, 0.3) is 0 Å². The molecule has 2 amide bonds. The summed E-state index contributed by atoms with van der Waals surface area (Å²) < 4.78 is 18.2. The van der Waals surface area contributed by atoms with E-state index in [9.17, 15) is 9.59 Å². The third kappa shape index (κ3) is 5.97. The van der Waals surface area contributed by atoms with Crippen molar-refractivity contribution < 1.29 is 23.8 Å². The number of hydrazone groups is 1. The van der Waals surface area contributed by atoms with Gasteiger partial charge in [0.1, 0.15) is 5.75 Å². The van der Waals surface area contributed by atoms with Crippen molar-refractivity contribution in [1.29, 1.82) is 0 Å². The summed E-state index contributed by atoms with van der Waals surface area (Å²) in [4.78, 5) is 27.3. The van der Waals surface area contributed by atoms with Gasteiger partial charge in [-0.1, -0.05) is 42.1 Å². The molecule has 42 heavy (non-hydrogen) atoms. The van der Waals surface area contributed by atoms with E-state index in [2.05, 4.69) is 15.5 Å². The highest BCUT2D eigenvalue weighted by atomic mass is 32.2. The molecule has 4 aromatic rings. The summed E-state index contributed by atoms with van der Waals surface area (Å²) in [7, 11) is 6.49. The minimum atomic E-state index is -0.361. The Kier molecular flexibility index (Phi) is 9.08. The Morgan fingerprint density at radius 2 is 1.79 bits per heavy atom.